The number of carbonyl (C=O) groups is 1. The van der Waals surface area contributed by atoms with E-state index in [0.29, 0.717) is 24.7 Å². The van der Waals surface area contributed by atoms with Gasteiger partial charge in [-0.3, -0.25) is 14.8 Å². The van der Waals surface area contributed by atoms with Gasteiger partial charge in [0.25, 0.3) is 0 Å². The Morgan fingerprint density at radius 1 is 1.32 bits per heavy atom. The number of aromatic nitrogens is 2. The highest BCUT2D eigenvalue weighted by Gasteiger charge is 2.20. The monoisotopic (exact) mass is 340 g/mol. The Morgan fingerprint density at radius 3 is 2.92 bits per heavy atom. The molecule has 2 aromatic heterocycles. The average molecular weight is 340 g/mol. The molecule has 0 aromatic carbocycles. The van der Waals surface area contributed by atoms with E-state index in [4.69, 9.17) is 9.47 Å². The first kappa shape index (κ1) is 17.0. The molecule has 2 aromatic rings. The van der Waals surface area contributed by atoms with E-state index in [1.165, 1.54) is 0 Å². The van der Waals surface area contributed by atoms with Gasteiger partial charge in [-0.15, -0.1) is 0 Å². The Balaban J connectivity index is 1.66. The highest BCUT2D eigenvalue weighted by Crippen LogP contribution is 2.19. The lowest BCUT2D eigenvalue weighted by molar-refractivity contribution is -0.121. The maximum absolute atomic E-state index is 12.4. The van der Waals surface area contributed by atoms with Crippen molar-refractivity contribution in [3.05, 3.63) is 59.2 Å². The lowest BCUT2D eigenvalue weighted by atomic mass is 10.1. The third-order valence-electron chi connectivity index (χ3n) is 3.92. The zero-order chi connectivity index (χ0) is 17.6. The molecule has 3 rings (SSSR count). The molecule has 7 nitrogen and oxygen atoms in total. The van der Waals surface area contributed by atoms with E-state index in [9.17, 15) is 4.79 Å². The van der Waals surface area contributed by atoms with Gasteiger partial charge < -0.3 is 14.8 Å². The minimum Gasteiger partial charge on any atom is -0.481 e. The van der Waals surface area contributed by atoms with Crippen molar-refractivity contribution in [1.29, 1.82) is 0 Å². The van der Waals surface area contributed by atoms with Crippen LogP contribution in [0.1, 0.15) is 28.6 Å². The van der Waals surface area contributed by atoms with Gasteiger partial charge in [-0.05, 0) is 23.8 Å². The summed E-state index contributed by atoms with van der Waals surface area (Å²) in [5.41, 5.74) is 3.36. The normalized spacial score (nSPS) is 13.8. The van der Waals surface area contributed by atoms with Crippen molar-refractivity contribution in [2.24, 2.45) is 4.99 Å². The van der Waals surface area contributed by atoms with Crippen LogP contribution in [-0.2, 0) is 27.2 Å². The van der Waals surface area contributed by atoms with E-state index in [0.717, 1.165) is 16.8 Å². The molecule has 1 N–H and O–H groups in total. The Kier molecular flexibility index (Phi) is 5.35. The van der Waals surface area contributed by atoms with Crippen LogP contribution in [0.5, 0.6) is 0 Å². The molecule has 0 spiro atoms. The molecule has 1 aliphatic heterocycles. The van der Waals surface area contributed by atoms with Crippen molar-refractivity contribution >= 4 is 11.8 Å². The smallest absolute Gasteiger partial charge is 0.226 e. The second kappa shape index (κ2) is 7.85. The predicted octanol–water partition coefficient (Wildman–Crippen LogP) is 1.43. The van der Waals surface area contributed by atoms with Gasteiger partial charge in [0.05, 0.1) is 49.7 Å². The number of ether oxygens (including phenoxy) is 2. The van der Waals surface area contributed by atoms with Crippen molar-refractivity contribution in [1.82, 2.24) is 15.3 Å². The summed E-state index contributed by atoms with van der Waals surface area (Å²) in [6, 6.07) is 7.18. The van der Waals surface area contributed by atoms with Crippen LogP contribution >= 0.6 is 0 Å². The van der Waals surface area contributed by atoms with Gasteiger partial charge in [-0.1, -0.05) is 6.07 Å². The van der Waals surface area contributed by atoms with Crippen LogP contribution < -0.4 is 5.32 Å². The minimum atomic E-state index is -0.295. The van der Waals surface area contributed by atoms with Crippen molar-refractivity contribution in [3.8, 4) is 0 Å². The molecule has 3 heterocycles. The molecule has 25 heavy (non-hydrogen) atoms. The van der Waals surface area contributed by atoms with E-state index in [1.807, 2.05) is 24.3 Å². The molecular formula is C18H20N4O3. The fraction of sp³-hybridized carbons (Fsp3) is 0.333. The number of fused-ring (bicyclic) bond motifs is 1. The SMILES string of the molecule is COC[C@H](NC(=O)Cc1cc2c(cn1)C(OC)=NC2)c1ccccn1. The summed E-state index contributed by atoms with van der Waals surface area (Å²) >= 11 is 0. The van der Waals surface area contributed by atoms with Crippen LogP contribution in [-0.4, -0.2) is 42.6 Å². The molecule has 1 aliphatic rings. The number of aliphatic imine (C=N–C) groups is 1. The fourth-order valence-corrected chi connectivity index (χ4v) is 2.74. The summed E-state index contributed by atoms with van der Waals surface area (Å²) in [5.74, 6) is 0.458. The minimum absolute atomic E-state index is 0.133. The topological polar surface area (TPSA) is 85.7 Å². The predicted molar refractivity (Wildman–Crippen MR) is 92.2 cm³/mol. The molecule has 0 unspecified atom stereocenters. The maximum Gasteiger partial charge on any atom is 0.226 e. The number of rotatable bonds is 6. The molecule has 0 saturated carbocycles. The number of pyridine rings is 2. The molecule has 0 bridgehead atoms. The van der Waals surface area contributed by atoms with Crippen molar-refractivity contribution in [2.75, 3.05) is 20.8 Å². The van der Waals surface area contributed by atoms with Gasteiger partial charge >= 0.3 is 0 Å². The second-order valence-corrected chi connectivity index (χ2v) is 5.67. The second-order valence-electron chi connectivity index (χ2n) is 5.67. The lowest BCUT2D eigenvalue weighted by Gasteiger charge is -2.17. The Bertz CT molecular complexity index is 777. The van der Waals surface area contributed by atoms with Gasteiger partial charge in [-0.2, -0.15) is 0 Å². The van der Waals surface area contributed by atoms with Crippen molar-refractivity contribution in [3.63, 3.8) is 0 Å². The first-order valence-corrected chi connectivity index (χ1v) is 7.97. The van der Waals surface area contributed by atoms with E-state index >= 15 is 0 Å². The molecule has 0 radical (unpaired) electrons. The van der Waals surface area contributed by atoms with Gasteiger partial charge in [0.1, 0.15) is 0 Å². The van der Waals surface area contributed by atoms with Crippen molar-refractivity contribution in [2.45, 2.75) is 19.0 Å². The maximum atomic E-state index is 12.4. The fourth-order valence-electron chi connectivity index (χ4n) is 2.74. The Labute approximate surface area is 146 Å². The van der Waals surface area contributed by atoms with Crippen LogP contribution in [0.3, 0.4) is 0 Å². The van der Waals surface area contributed by atoms with E-state index in [2.05, 4.69) is 20.3 Å². The molecule has 1 atom stereocenters. The summed E-state index contributed by atoms with van der Waals surface area (Å²) in [4.78, 5) is 25.3. The summed E-state index contributed by atoms with van der Waals surface area (Å²) < 4.78 is 10.4. The van der Waals surface area contributed by atoms with Crippen LogP contribution in [0.25, 0.3) is 0 Å². The van der Waals surface area contributed by atoms with E-state index in [-0.39, 0.29) is 18.4 Å². The molecular weight excluding hydrogens is 320 g/mol. The Morgan fingerprint density at radius 2 is 2.20 bits per heavy atom. The number of hydrogen-bond donors (Lipinski definition) is 1. The largest absolute Gasteiger partial charge is 0.481 e. The summed E-state index contributed by atoms with van der Waals surface area (Å²) in [6.07, 6.45) is 3.58. The number of nitrogens with one attached hydrogen (secondary N) is 1. The third kappa shape index (κ3) is 4.00. The molecule has 0 fully saturated rings. The molecule has 0 saturated heterocycles. The molecule has 130 valence electrons. The molecule has 7 heteroatoms. The van der Waals surface area contributed by atoms with Gasteiger partial charge in [0.15, 0.2) is 0 Å². The summed E-state index contributed by atoms with van der Waals surface area (Å²) in [6.45, 7) is 0.904. The number of carbonyl (C=O) groups excluding carboxylic acids is 1. The number of methoxy groups -OCH3 is 2. The van der Waals surface area contributed by atoms with Gasteiger partial charge in [0.2, 0.25) is 11.8 Å². The zero-order valence-electron chi connectivity index (χ0n) is 14.2. The van der Waals surface area contributed by atoms with Crippen LogP contribution in [0.2, 0.25) is 0 Å². The standard InChI is InChI=1S/C18H20N4O3/c1-24-11-16(15-5-3-4-6-19-15)22-17(23)8-13-7-12-9-21-18(25-2)14(12)10-20-13/h3-7,10,16H,8-9,11H2,1-2H3,(H,22,23)/t16-/m0/s1. The average Bonchev–Trinajstić information content (AvgIpc) is 3.04. The summed E-state index contributed by atoms with van der Waals surface area (Å²) in [7, 11) is 3.18. The zero-order valence-corrected chi connectivity index (χ0v) is 14.2. The quantitative estimate of drug-likeness (QED) is 0.860. The van der Waals surface area contributed by atoms with Crippen LogP contribution in [0, 0.1) is 0 Å². The molecule has 1 amide bonds. The van der Waals surface area contributed by atoms with Gasteiger partial charge in [0, 0.05) is 19.5 Å². The number of hydrogen-bond acceptors (Lipinski definition) is 6. The van der Waals surface area contributed by atoms with Crippen molar-refractivity contribution < 1.29 is 14.3 Å². The van der Waals surface area contributed by atoms with Gasteiger partial charge in [-0.25, -0.2) is 4.99 Å². The Hall–Kier alpha value is -2.80. The first-order chi connectivity index (χ1) is 12.2. The highest BCUT2D eigenvalue weighted by molar-refractivity contribution is 5.97. The van der Waals surface area contributed by atoms with E-state index < -0.39 is 0 Å². The number of amides is 1. The van der Waals surface area contributed by atoms with E-state index in [1.54, 1.807) is 26.6 Å². The van der Waals surface area contributed by atoms with Crippen LogP contribution in [0.15, 0.2) is 41.7 Å². The van der Waals surface area contributed by atoms with Crippen LogP contribution in [0.4, 0.5) is 0 Å². The number of nitrogens with zero attached hydrogens (tertiary/aromatic N) is 3. The first-order valence-electron chi connectivity index (χ1n) is 7.97. The highest BCUT2D eigenvalue weighted by atomic mass is 16.5. The summed E-state index contributed by atoms with van der Waals surface area (Å²) in [5, 5.41) is 2.95. The lowest BCUT2D eigenvalue weighted by Crippen LogP contribution is -2.33. The molecule has 0 aliphatic carbocycles. The third-order valence-corrected chi connectivity index (χ3v) is 3.92.